The summed E-state index contributed by atoms with van der Waals surface area (Å²) in [5, 5.41) is 8.83. The van der Waals surface area contributed by atoms with Crippen LogP contribution in [0.25, 0.3) is 0 Å². The molecule has 0 aliphatic carbocycles. The predicted octanol–water partition coefficient (Wildman–Crippen LogP) is 2.02. The standard InChI is InChI=1S/C11H14N2O/c12-7-10-3-1-5-13(8-10)9-11-4-2-6-14-11/h2,4,6,10H,1,3,5,8-9H2. The summed E-state index contributed by atoms with van der Waals surface area (Å²) in [6, 6.07) is 6.23. The molecule has 0 N–H and O–H groups in total. The maximum absolute atomic E-state index is 8.83. The topological polar surface area (TPSA) is 40.2 Å². The summed E-state index contributed by atoms with van der Waals surface area (Å²) in [5.41, 5.74) is 0. The summed E-state index contributed by atoms with van der Waals surface area (Å²) in [6.07, 6.45) is 3.87. The van der Waals surface area contributed by atoms with Crippen LogP contribution in [0.5, 0.6) is 0 Å². The molecule has 2 heterocycles. The molecule has 1 aromatic heterocycles. The fraction of sp³-hybridized carbons (Fsp3) is 0.545. The minimum Gasteiger partial charge on any atom is -0.468 e. The summed E-state index contributed by atoms with van der Waals surface area (Å²) in [4.78, 5) is 2.29. The summed E-state index contributed by atoms with van der Waals surface area (Å²) in [6.45, 7) is 2.81. The second-order valence-corrected chi connectivity index (χ2v) is 3.78. The van der Waals surface area contributed by atoms with Crippen molar-refractivity contribution in [3.63, 3.8) is 0 Å². The van der Waals surface area contributed by atoms with Gasteiger partial charge in [0.1, 0.15) is 5.76 Å². The van der Waals surface area contributed by atoms with E-state index in [-0.39, 0.29) is 5.92 Å². The van der Waals surface area contributed by atoms with E-state index in [4.69, 9.17) is 9.68 Å². The van der Waals surface area contributed by atoms with Gasteiger partial charge in [-0.1, -0.05) is 0 Å². The van der Waals surface area contributed by atoms with Gasteiger partial charge in [0.05, 0.1) is 24.8 Å². The molecule has 0 bridgehead atoms. The van der Waals surface area contributed by atoms with Crippen LogP contribution in [-0.2, 0) is 6.54 Å². The largest absolute Gasteiger partial charge is 0.468 e. The van der Waals surface area contributed by atoms with E-state index >= 15 is 0 Å². The van der Waals surface area contributed by atoms with Gasteiger partial charge in [0.15, 0.2) is 0 Å². The van der Waals surface area contributed by atoms with Gasteiger partial charge in [-0.15, -0.1) is 0 Å². The molecule has 1 aliphatic heterocycles. The molecule has 1 fully saturated rings. The Morgan fingerprint density at radius 1 is 1.64 bits per heavy atom. The molecular weight excluding hydrogens is 176 g/mol. The van der Waals surface area contributed by atoms with Crippen LogP contribution in [0.15, 0.2) is 22.8 Å². The van der Waals surface area contributed by atoms with Crippen molar-refractivity contribution in [2.24, 2.45) is 5.92 Å². The average molecular weight is 190 g/mol. The smallest absolute Gasteiger partial charge is 0.117 e. The zero-order valence-corrected chi connectivity index (χ0v) is 8.15. The van der Waals surface area contributed by atoms with Crippen LogP contribution < -0.4 is 0 Å². The fourth-order valence-electron chi connectivity index (χ4n) is 1.93. The number of furan rings is 1. The lowest BCUT2D eigenvalue weighted by molar-refractivity contribution is 0.179. The van der Waals surface area contributed by atoms with Gasteiger partial charge < -0.3 is 4.42 Å². The zero-order valence-electron chi connectivity index (χ0n) is 8.15. The Labute approximate surface area is 83.9 Å². The molecule has 3 nitrogen and oxygen atoms in total. The van der Waals surface area contributed by atoms with Gasteiger partial charge in [-0.2, -0.15) is 5.26 Å². The number of nitriles is 1. The van der Waals surface area contributed by atoms with Crippen molar-refractivity contribution in [2.45, 2.75) is 19.4 Å². The van der Waals surface area contributed by atoms with Gasteiger partial charge in [-0.3, -0.25) is 4.90 Å². The lowest BCUT2D eigenvalue weighted by Gasteiger charge is -2.28. The number of nitrogens with zero attached hydrogens (tertiary/aromatic N) is 2. The van der Waals surface area contributed by atoms with Crippen LogP contribution in [0.2, 0.25) is 0 Å². The van der Waals surface area contributed by atoms with Crippen molar-refractivity contribution in [1.82, 2.24) is 4.90 Å². The third-order valence-electron chi connectivity index (χ3n) is 2.65. The summed E-state index contributed by atoms with van der Waals surface area (Å²) in [5.74, 6) is 1.20. The minimum atomic E-state index is 0.207. The van der Waals surface area contributed by atoms with Crippen LogP contribution >= 0.6 is 0 Å². The predicted molar refractivity (Wildman–Crippen MR) is 52.3 cm³/mol. The molecule has 74 valence electrons. The van der Waals surface area contributed by atoms with Crippen molar-refractivity contribution in [1.29, 1.82) is 5.26 Å². The summed E-state index contributed by atoms with van der Waals surface area (Å²) < 4.78 is 5.28. The van der Waals surface area contributed by atoms with Crippen LogP contribution in [0, 0.1) is 17.2 Å². The number of hydrogen-bond acceptors (Lipinski definition) is 3. The summed E-state index contributed by atoms with van der Waals surface area (Å²) in [7, 11) is 0. The van der Waals surface area contributed by atoms with Crippen LogP contribution in [0.3, 0.4) is 0 Å². The number of piperidine rings is 1. The second kappa shape index (κ2) is 4.30. The molecule has 0 amide bonds. The Hall–Kier alpha value is -1.27. The highest BCUT2D eigenvalue weighted by atomic mass is 16.3. The molecule has 0 spiro atoms. The molecule has 0 saturated carbocycles. The van der Waals surface area contributed by atoms with Crippen molar-refractivity contribution >= 4 is 0 Å². The third kappa shape index (κ3) is 2.15. The zero-order chi connectivity index (χ0) is 9.80. The normalized spacial score (nSPS) is 23.2. The van der Waals surface area contributed by atoms with E-state index in [0.717, 1.165) is 38.2 Å². The first-order chi connectivity index (χ1) is 6.88. The van der Waals surface area contributed by atoms with E-state index in [1.807, 2.05) is 12.1 Å². The Bertz CT molecular complexity index is 313. The maximum atomic E-state index is 8.83. The maximum Gasteiger partial charge on any atom is 0.117 e. The van der Waals surface area contributed by atoms with E-state index < -0.39 is 0 Å². The highest BCUT2D eigenvalue weighted by molar-refractivity contribution is 4.99. The Morgan fingerprint density at radius 3 is 3.29 bits per heavy atom. The van der Waals surface area contributed by atoms with E-state index in [1.54, 1.807) is 6.26 Å². The highest BCUT2D eigenvalue weighted by Gasteiger charge is 2.19. The first-order valence-corrected chi connectivity index (χ1v) is 5.03. The molecule has 2 rings (SSSR count). The molecule has 3 heteroatoms. The van der Waals surface area contributed by atoms with E-state index in [9.17, 15) is 0 Å². The monoisotopic (exact) mass is 190 g/mol. The Morgan fingerprint density at radius 2 is 2.57 bits per heavy atom. The molecule has 0 radical (unpaired) electrons. The number of rotatable bonds is 2. The molecule has 1 atom stereocenters. The van der Waals surface area contributed by atoms with Crippen molar-refractivity contribution in [3.8, 4) is 6.07 Å². The van der Waals surface area contributed by atoms with E-state index in [1.165, 1.54) is 0 Å². The lowest BCUT2D eigenvalue weighted by Crippen LogP contribution is -2.34. The van der Waals surface area contributed by atoms with Crippen molar-refractivity contribution < 1.29 is 4.42 Å². The van der Waals surface area contributed by atoms with Crippen LogP contribution in [0.4, 0.5) is 0 Å². The quantitative estimate of drug-likeness (QED) is 0.716. The van der Waals surface area contributed by atoms with Gasteiger partial charge in [0.2, 0.25) is 0 Å². The van der Waals surface area contributed by atoms with E-state index in [0.29, 0.717) is 0 Å². The molecule has 1 aliphatic rings. The summed E-state index contributed by atoms with van der Waals surface area (Å²) >= 11 is 0. The second-order valence-electron chi connectivity index (χ2n) is 3.78. The van der Waals surface area contributed by atoms with Gasteiger partial charge in [0.25, 0.3) is 0 Å². The lowest BCUT2D eigenvalue weighted by atomic mass is 10.00. The number of likely N-dealkylation sites (tertiary alicyclic amines) is 1. The molecule has 1 aromatic rings. The molecule has 1 saturated heterocycles. The van der Waals surface area contributed by atoms with E-state index in [2.05, 4.69) is 11.0 Å². The highest BCUT2D eigenvalue weighted by Crippen LogP contribution is 2.17. The van der Waals surface area contributed by atoms with Gasteiger partial charge in [-0.05, 0) is 31.5 Å². The first-order valence-electron chi connectivity index (χ1n) is 5.03. The van der Waals surface area contributed by atoms with Gasteiger partial charge >= 0.3 is 0 Å². The fourth-order valence-corrected chi connectivity index (χ4v) is 1.93. The van der Waals surface area contributed by atoms with Gasteiger partial charge in [-0.25, -0.2) is 0 Å². The van der Waals surface area contributed by atoms with Crippen LogP contribution in [-0.4, -0.2) is 18.0 Å². The molecular formula is C11H14N2O. The van der Waals surface area contributed by atoms with Crippen molar-refractivity contribution in [3.05, 3.63) is 24.2 Å². The Kier molecular flexibility index (Phi) is 2.85. The molecule has 1 unspecified atom stereocenters. The molecule has 14 heavy (non-hydrogen) atoms. The SMILES string of the molecule is N#CC1CCCN(Cc2ccco2)C1. The minimum absolute atomic E-state index is 0.207. The van der Waals surface area contributed by atoms with Gasteiger partial charge in [0, 0.05) is 6.54 Å². The molecule has 0 aromatic carbocycles. The third-order valence-corrected chi connectivity index (χ3v) is 2.65. The first kappa shape index (κ1) is 9.29. The Balaban J connectivity index is 1.90. The van der Waals surface area contributed by atoms with Crippen molar-refractivity contribution in [2.75, 3.05) is 13.1 Å². The van der Waals surface area contributed by atoms with Crippen LogP contribution in [0.1, 0.15) is 18.6 Å². The average Bonchev–Trinajstić information content (AvgIpc) is 2.71. The number of hydrogen-bond donors (Lipinski definition) is 0.